The van der Waals surface area contributed by atoms with Crippen LogP contribution in [0.5, 0.6) is 0 Å². The van der Waals surface area contributed by atoms with Gasteiger partial charge in [-0.25, -0.2) is 4.98 Å². The summed E-state index contributed by atoms with van der Waals surface area (Å²) < 4.78 is 0. The minimum absolute atomic E-state index is 0.00909. The molecule has 116 valence electrons. The second-order valence-corrected chi connectivity index (χ2v) is 6.06. The van der Waals surface area contributed by atoms with Gasteiger partial charge in [0.1, 0.15) is 10.8 Å². The van der Waals surface area contributed by atoms with E-state index in [1.807, 2.05) is 13.8 Å². The van der Waals surface area contributed by atoms with Crippen molar-refractivity contribution in [3.05, 3.63) is 28.0 Å². The first-order valence-corrected chi connectivity index (χ1v) is 7.37. The molecule has 0 saturated carbocycles. The van der Waals surface area contributed by atoms with Crippen LogP contribution in [0.3, 0.4) is 0 Å². The molecule has 1 aromatic heterocycles. The van der Waals surface area contributed by atoms with Crippen molar-refractivity contribution in [2.24, 2.45) is 11.8 Å². The van der Waals surface area contributed by atoms with E-state index in [4.69, 9.17) is 28.3 Å². The highest BCUT2D eigenvalue weighted by atomic mass is 35.5. The molecular formula is C14H18Cl2N2O3. The molecule has 1 rings (SSSR count). The van der Waals surface area contributed by atoms with Gasteiger partial charge in [0.05, 0.1) is 5.02 Å². The Balaban J connectivity index is 2.68. The average molecular weight is 333 g/mol. The average Bonchev–Trinajstić information content (AvgIpc) is 2.37. The van der Waals surface area contributed by atoms with Gasteiger partial charge in [-0.3, -0.25) is 9.59 Å². The van der Waals surface area contributed by atoms with Crippen molar-refractivity contribution in [1.82, 2.24) is 10.3 Å². The molecule has 0 fully saturated rings. The van der Waals surface area contributed by atoms with Gasteiger partial charge in [0.15, 0.2) is 0 Å². The summed E-state index contributed by atoms with van der Waals surface area (Å²) in [6.07, 6.45) is 0.721. The van der Waals surface area contributed by atoms with Crippen LogP contribution in [0.1, 0.15) is 37.2 Å². The number of hydrogen-bond donors (Lipinski definition) is 2. The highest BCUT2D eigenvalue weighted by molar-refractivity contribution is 6.34. The van der Waals surface area contributed by atoms with Crippen molar-refractivity contribution in [2.75, 3.05) is 6.54 Å². The molecule has 2 N–H and O–H groups in total. The molecule has 7 heteroatoms. The maximum atomic E-state index is 12.0. The van der Waals surface area contributed by atoms with E-state index in [2.05, 4.69) is 10.3 Å². The molecule has 0 aliphatic carbocycles. The second-order valence-electron chi connectivity index (χ2n) is 5.27. The number of aliphatic carboxylic acids is 1. The summed E-state index contributed by atoms with van der Waals surface area (Å²) in [5.74, 6) is -1.13. The number of carboxylic acids is 1. The smallest absolute Gasteiger partial charge is 0.303 e. The van der Waals surface area contributed by atoms with Gasteiger partial charge >= 0.3 is 5.97 Å². The van der Waals surface area contributed by atoms with Crippen LogP contribution in [0.15, 0.2) is 12.1 Å². The summed E-state index contributed by atoms with van der Waals surface area (Å²) in [7, 11) is 0. The van der Waals surface area contributed by atoms with Crippen molar-refractivity contribution in [3.63, 3.8) is 0 Å². The molecule has 1 aromatic rings. The second kappa shape index (κ2) is 8.20. The van der Waals surface area contributed by atoms with E-state index in [0.717, 1.165) is 0 Å². The number of aromatic nitrogens is 1. The summed E-state index contributed by atoms with van der Waals surface area (Å²) in [6.45, 7) is 4.27. The fourth-order valence-electron chi connectivity index (χ4n) is 2.05. The van der Waals surface area contributed by atoms with Gasteiger partial charge in [-0.15, -0.1) is 0 Å². The molecule has 21 heavy (non-hydrogen) atoms. The Morgan fingerprint density at radius 1 is 1.33 bits per heavy atom. The van der Waals surface area contributed by atoms with E-state index < -0.39 is 11.9 Å². The Hall–Kier alpha value is -1.33. The molecular weight excluding hydrogens is 315 g/mol. The van der Waals surface area contributed by atoms with E-state index in [0.29, 0.717) is 12.3 Å². The zero-order valence-corrected chi connectivity index (χ0v) is 13.4. The van der Waals surface area contributed by atoms with Crippen LogP contribution < -0.4 is 5.32 Å². The first-order valence-electron chi connectivity index (χ1n) is 6.61. The minimum atomic E-state index is -0.881. The molecule has 0 spiro atoms. The Morgan fingerprint density at radius 3 is 2.57 bits per heavy atom. The van der Waals surface area contributed by atoms with E-state index in [1.54, 1.807) is 0 Å². The normalized spacial score (nSPS) is 12.2. The molecule has 1 amide bonds. The monoisotopic (exact) mass is 332 g/mol. The number of rotatable bonds is 7. The van der Waals surface area contributed by atoms with Gasteiger partial charge in [-0.1, -0.05) is 37.0 Å². The summed E-state index contributed by atoms with van der Waals surface area (Å²) in [5, 5.41) is 11.9. The fourth-order valence-corrected chi connectivity index (χ4v) is 2.39. The molecule has 0 saturated heterocycles. The van der Waals surface area contributed by atoms with E-state index in [9.17, 15) is 9.59 Å². The van der Waals surface area contributed by atoms with Gasteiger partial charge < -0.3 is 10.4 Å². The highest BCUT2D eigenvalue weighted by Crippen LogP contribution is 2.18. The van der Waals surface area contributed by atoms with Crippen LogP contribution in [0.2, 0.25) is 10.2 Å². The largest absolute Gasteiger partial charge is 0.481 e. The molecule has 0 aliphatic rings. The number of nitrogens with one attached hydrogen (secondary N) is 1. The summed E-state index contributed by atoms with van der Waals surface area (Å²) in [6, 6.07) is 2.99. The molecule has 0 aliphatic heterocycles. The van der Waals surface area contributed by atoms with Crippen molar-refractivity contribution >= 4 is 35.1 Å². The molecule has 5 nitrogen and oxygen atoms in total. The van der Waals surface area contributed by atoms with Crippen molar-refractivity contribution in [3.8, 4) is 0 Å². The zero-order chi connectivity index (χ0) is 16.0. The lowest BCUT2D eigenvalue weighted by molar-refractivity contribution is -0.138. The van der Waals surface area contributed by atoms with Gasteiger partial charge in [0.2, 0.25) is 0 Å². The highest BCUT2D eigenvalue weighted by Gasteiger charge is 2.18. The number of amides is 1. The maximum absolute atomic E-state index is 12.0. The zero-order valence-electron chi connectivity index (χ0n) is 11.9. The van der Waals surface area contributed by atoms with Crippen molar-refractivity contribution in [1.29, 1.82) is 0 Å². The third kappa shape index (κ3) is 6.31. The first-order chi connectivity index (χ1) is 9.79. The molecule has 1 atom stereocenters. The van der Waals surface area contributed by atoms with E-state index >= 15 is 0 Å². The molecule has 1 unspecified atom stereocenters. The van der Waals surface area contributed by atoms with Crippen LogP contribution in [0, 0.1) is 11.8 Å². The Labute approximate surface area is 133 Å². The molecule has 0 aromatic carbocycles. The number of pyridine rings is 1. The summed E-state index contributed by atoms with van der Waals surface area (Å²) >= 11 is 11.6. The number of carbonyl (C=O) groups is 2. The quantitative estimate of drug-likeness (QED) is 0.751. The van der Waals surface area contributed by atoms with Gasteiger partial charge in [-0.05, 0) is 30.4 Å². The van der Waals surface area contributed by atoms with Crippen molar-refractivity contribution in [2.45, 2.75) is 26.7 Å². The topological polar surface area (TPSA) is 79.3 Å². The first kappa shape index (κ1) is 17.7. The van der Waals surface area contributed by atoms with Gasteiger partial charge in [0.25, 0.3) is 5.91 Å². The lowest BCUT2D eigenvalue weighted by Crippen LogP contribution is -2.31. The Morgan fingerprint density at radius 2 is 2.00 bits per heavy atom. The molecule has 0 radical (unpaired) electrons. The lowest BCUT2D eigenvalue weighted by atomic mass is 9.94. The Kier molecular flexibility index (Phi) is 6.92. The SMILES string of the molecule is CC(C)CC(CNC(=O)c1nc(Cl)ccc1Cl)CC(=O)O. The van der Waals surface area contributed by atoms with E-state index in [-0.39, 0.29) is 34.8 Å². The standard InChI is InChI=1S/C14H18Cl2N2O3/c1-8(2)5-9(6-12(19)20)7-17-14(21)13-10(15)3-4-11(16)18-13/h3-4,8-9H,5-7H2,1-2H3,(H,17,21)(H,19,20). The van der Waals surface area contributed by atoms with Crippen LogP contribution >= 0.6 is 23.2 Å². The van der Waals surface area contributed by atoms with E-state index in [1.165, 1.54) is 12.1 Å². The third-order valence-corrected chi connectivity index (χ3v) is 3.36. The minimum Gasteiger partial charge on any atom is -0.481 e. The predicted octanol–water partition coefficient (Wildman–Crippen LogP) is 3.26. The fraction of sp³-hybridized carbons (Fsp3) is 0.500. The third-order valence-electron chi connectivity index (χ3n) is 2.85. The van der Waals surface area contributed by atoms with Crippen LogP contribution in [-0.2, 0) is 4.79 Å². The number of halogens is 2. The van der Waals surface area contributed by atoms with Crippen LogP contribution in [0.25, 0.3) is 0 Å². The van der Waals surface area contributed by atoms with Crippen LogP contribution in [-0.4, -0.2) is 28.5 Å². The summed E-state index contributed by atoms with van der Waals surface area (Å²) in [4.78, 5) is 26.7. The maximum Gasteiger partial charge on any atom is 0.303 e. The Bertz CT molecular complexity index is 521. The lowest BCUT2D eigenvalue weighted by Gasteiger charge is -2.17. The van der Waals surface area contributed by atoms with Gasteiger partial charge in [0, 0.05) is 13.0 Å². The predicted molar refractivity (Wildman–Crippen MR) is 81.8 cm³/mol. The number of carboxylic acid groups (broad SMARTS) is 1. The van der Waals surface area contributed by atoms with Crippen molar-refractivity contribution < 1.29 is 14.7 Å². The van der Waals surface area contributed by atoms with Gasteiger partial charge in [-0.2, -0.15) is 0 Å². The van der Waals surface area contributed by atoms with Crippen LogP contribution in [0.4, 0.5) is 0 Å². The molecule has 0 bridgehead atoms. The number of nitrogens with zero attached hydrogens (tertiary/aromatic N) is 1. The number of carbonyl (C=O) groups excluding carboxylic acids is 1. The molecule has 1 heterocycles. The summed E-state index contributed by atoms with van der Waals surface area (Å²) in [5.41, 5.74) is 0.0442. The number of hydrogen-bond acceptors (Lipinski definition) is 3.